The molecule has 110 valence electrons. The third kappa shape index (κ3) is 3.62. The first-order valence-electron chi connectivity index (χ1n) is 5.90. The SMILES string of the molecule is O=C(O)c1cc(S(=O)(=O)Cl)ccc1OCC1CCOC1. The summed E-state index contributed by atoms with van der Waals surface area (Å²) in [6.07, 6.45) is 0.858. The van der Waals surface area contributed by atoms with Crippen LogP contribution in [0, 0.1) is 5.92 Å². The van der Waals surface area contributed by atoms with Crippen molar-refractivity contribution in [2.45, 2.75) is 11.3 Å². The molecule has 2 rings (SSSR count). The molecule has 0 bridgehead atoms. The van der Waals surface area contributed by atoms with Gasteiger partial charge in [0.1, 0.15) is 11.3 Å². The second kappa shape index (κ2) is 5.99. The van der Waals surface area contributed by atoms with Crippen molar-refractivity contribution in [2.75, 3.05) is 19.8 Å². The number of halogens is 1. The molecule has 1 fully saturated rings. The molecule has 1 N–H and O–H groups in total. The van der Waals surface area contributed by atoms with Gasteiger partial charge < -0.3 is 14.6 Å². The van der Waals surface area contributed by atoms with Crippen molar-refractivity contribution in [2.24, 2.45) is 5.92 Å². The molecule has 0 spiro atoms. The highest BCUT2D eigenvalue weighted by atomic mass is 35.7. The maximum Gasteiger partial charge on any atom is 0.339 e. The average molecular weight is 321 g/mol. The summed E-state index contributed by atoms with van der Waals surface area (Å²) in [6, 6.07) is 3.51. The Morgan fingerprint density at radius 3 is 2.80 bits per heavy atom. The maximum atomic E-state index is 11.2. The number of aromatic carboxylic acids is 1. The van der Waals surface area contributed by atoms with Crippen LogP contribution in [0.3, 0.4) is 0 Å². The number of benzene rings is 1. The van der Waals surface area contributed by atoms with Gasteiger partial charge in [-0.1, -0.05) is 0 Å². The molecule has 0 amide bonds. The van der Waals surface area contributed by atoms with E-state index in [1.54, 1.807) is 0 Å². The highest BCUT2D eigenvalue weighted by Gasteiger charge is 2.20. The van der Waals surface area contributed by atoms with E-state index < -0.39 is 15.0 Å². The predicted octanol–water partition coefficient (Wildman–Crippen LogP) is 1.73. The fourth-order valence-electron chi connectivity index (χ4n) is 1.88. The van der Waals surface area contributed by atoms with Gasteiger partial charge in [0.25, 0.3) is 9.05 Å². The molecule has 6 nitrogen and oxygen atoms in total. The molecule has 0 saturated carbocycles. The zero-order valence-electron chi connectivity index (χ0n) is 10.4. The minimum absolute atomic E-state index is 0.119. The van der Waals surface area contributed by atoms with Gasteiger partial charge in [-0.25, -0.2) is 13.2 Å². The highest BCUT2D eigenvalue weighted by molar-refractivity contribution is 8.13. The third-order valence-corrected chi connectivity index (χ3v) is 4.31. The molecule has 1 saturated heterocycles. The Balaban J connectivity index is 2.21. The van der Waals surface area contributed by atoms with Crippen LogP contribution in [0.2, 0.25) is 0 Å². The van der Waals surface area contributed by atoms with Gasteiger partial charge in [0, 0.05) is 23.2 Å². The number of hydrogen-bond acceptors (Lipinski definition) is 5. The Kier molecular flexibility index (Phi) is 4.52. The molecule has 1 aliphatic rings. The molecule has 1 unspecified atom stereocenters. The van der Waals surface area contributed by atoms with E-state index in [-0.39, 0.29) is 22.1 Å². The summed E-state index contributed by atoms with van der Waals surface area (Å²) in [6.45, 7) is 1.58. The van der Waals surface area contributed by atoms with Gasteiger partial charge in [0.05, 0.1) is 18.1 Å². The molecule has 20 heavy (non-hydrogen) atoms. The van der Waals surface area contributed by atoms with Crippen LogP contribution >= 0.6 is 10.7 Å². The van der Waals surface area contributed by atoms with Gasteiger partial charge >= 0.3 is 5.97 Å². The lowest BCUT2D eigenvalue weighted by Gasteiger charge is -2.12. The van der Waals surface area contributed by atoms with E-state index in [0.29, 0.717) is 19.8 Å². The lowest BCUT2D eigenvalue weighted by molar-refractivity contribution is 0.0690. The van der Waals surface area contributed by atoms with Crippen LogP contribution in [0.5, 0.6) is 5.75 Å². The molecular formula is C12H13ClO6S. The monoisotopic (exact) mass is 320 g/mol. The molecule has 0 radical (unpaired) electrons. The van der Waals surface area contributed by atoms with Crippen molar-refractivity contribution in [3.05, 3.63) is 23.8 Å². The second-order valence-corrected chi connectivity index (χ2v) is 7.01. The topological polar surface area (TPSA) is 89.9 Å². The first-order valence-corrected chi connectivity index (χ1v) is 8.21. The smallest absolute Gasteiger partial charge is 0.339 e. The average Bonchev–Trinajstić information content (AvgIpc) is 2.88. The molecule has 1 aromatic carbocycles. The van der Waals surface area contributed by atoms with Gasteiger partial charge in [0.15, 0.2) is 0 Å². The van der Waals surface area contributed by atoms with Crippen LogP contribution in [0.1, 0.15) is 16.8 Å². The van der Waals surface area contributed by atoms with Crippen molar-refractivity contribution in [3.8, 4) is 5.75 Å². The van der Waals surface area contributed by atoms with Gasteiger partial charge in [0.2, 0.25) is 0 Å². The summed E-state index contributed by atoms with van der Waals surface area (Å²) in [5, 5.41) is 9.11. The summed E-state index contributed by atoms with van der Waals surface area (Å²) in [5.41, 5.74) is -0.231. The summed E-state index contributed by atoms with van der Waals surface area (Å²) < 4.78 is 33.0. The number of rotatable bonds is 5. The lowest BCUT2D eigenvalue weighted by atomic mass is 10.1. The van der Waals surface area contributed by atoms with Crippen LogP contribution in [-0.2, 0) is 13.8 Å². The minimum Gasteiger partial charge on any atom is -0.492 e. The zero-order chi connectivity index (χ0) is 14.8. The second-order valence-electron chi connectivity index (χ2n) is 4.44. The van der Waals surface area contributed by atoms with E-state index in [0.717, 1.165) is 12.5 Å². The molecule has 8 heteroatoms. The standard InChI is InChI=1S/C12H13ClO6S/c13-20(16,17)9-1-2-11(10(5-9)12(14)15)19-7-8-3-4-18-6-8/h1-2,5,8H,3-4,6-7H2,(H,14,15). The molecule has 1 aliphatic heterocycles. The summed E-state index contributed by atoms with van der Waals surface area (Å²) in [4.78, 5) is 10.9. The van der Waals surface area contributed by atoms with Gasteiger partial charge in [-0.05, 0) is 24.6 Å². The van der Waals surface area contributed by atoms with Crippen LogP contribution < -0.4 is 4.74 Å². The minimum atomic E-state index is -3.97. The fourth-order valence-corrected chi connectivity index (χ4v) is 2.65. The molecule has 1 aromatic rings. The highest BCUT2D eigenvalue weighted by Crippen LogP contribution is 2.26. The Morgan fingerprint density at radius 1 is 1.50 bits per heavy atom. The van der Waals surface area contributed by atoms with Crippen molar-refractivity contribution in [3.63, 3.8) is 0 Å². The van der Waals surface area contributed by atoms with E-state index in [9.17, 15) is 13.2 Å². The Hall–Kier alpha value is -1.31. The molecule has 1 heterocycles. The largest absolute Gasteiger partial charge is 0.492 e. The van der Waals surface area contributed by atoms with Gasteiger partial charge in [-0.2, -0.15) is 0 Å². The number of carbonyl (C=O) groups is 1. The van der Waals surface area contributed by atoms with Crippen LogP contribution in [0.4, 0.5) is 0 Å². The molecule has 0 aliphatic carbocycles. The number of hydrogen-bond donors (Lipinski definition) is 1. The number of carboxylic acid groups (broad SMARTS) is 1. The Morgan fingerprint density at radius 2 is 2.25 bits per heavy atom. The van der Waals surface area contributed by atoms with Crippen LogP contribution in [0.15, 0.2) is 23.1 Å². The quantitative estimate of drug-likeness (QED) is 0.831. The lowest BCUT2D eigenvalue weighted by Crippen LogP contribution is -2.13. The van der Waals surface area contributed by atoms with Gasteiger partial charge in [-0.3, -0.25) is 0 Å². The maximum absolute atomic E-state index is 11.2. The zero-order valence-corrected chi connectivity index (χ0v) is 12.0. The number of carboxylic acids is 1. The summed E-state index contributed by atoms with van der Waals surface area (Å²) >= 11 is 0. The molecule has 0 aromatic heterocycles. The first-order chi connectivity index (χ1) is 9.38. The van der Waals surface area contributed by atoms with E-state index in [2.05, 4.69) is 0 Å². The van der Waals surface area contributed by atoms with E-state index in [1.165, 1.54) is 12.1 Å². The third-order valence-electron chi connectivity index (χ3n) is 2.96. The van der Waals surface area contributed by atoms with Crippen LogP contribution in [0.25, 0.3) is 0 Å². The summed E-state index contributed by atoms with van der Waals surface area (Å²) in [7, 11) is 1.22. The summed E-state index contributed by atoms with van der Waals surface area (Å²) in [5.74, 6) is -0.939. The van der Waals surface area contributed by atoms with Crippen molar-refractivity contribution < 1.29 is 27.8 Å². The van der Waals surface area contributed by atoms with Crippen molar-refractivity contribution in [1.82, 2.24) is 0 Å². The first kappa shape index (κ1) is 15.1. The Labute approximate surface area is 120 Å². The predicted molar refractivity (Wildman–Crippen MR) is 70.9 cm³/mol. The normalized spacial score (nSPS) is 18.9. The van der Waals surface area contributed by atoms with Gasteiger partial charge in [-0.15, -0.1) is 0 Å². The van der Waals surface area contributed by atoms with Crippen molar-refractivity contribution >= 4 is 25.7 Å². The number of ether oxygens (including phenoxy) is 2. The van der Waals surface area contributed by atoms with E-state index >= 15 is 0 Å². The molecular weight excluding hydrogens is 308 g/mol. The Bertz CT molecular complexity index is 606. The van der Waals surface area contributed by atoms with E-state index in [4.69, 9.17) is 25.3 Å². The van der Waals surface area contributed by atoms with E-state index in [1.807, 2.05) is 0 Å². The molecule has 1 atom stereocenters. The van der Waals surface area contributed by atoms with Crippen LogP contribution in [-0.4, -0.2) is 39.3 Å². The van der Waals surface area contributed by atoms with Crippen molar-refractivity contribution in [1.29, 1.82) is 0 Å². The fraction of sp³-hybridized carbons (Fsp3) is 0.417.